The van der Waals surface area contributed by atoms with E-state index in [9.17, 15) is 19.5 Å². The SMILES string of the molecule is C[C@H](CCC(=O)OC(C)(C)C)C1CCC2C3C(CC[C@@]21C)[C@@]1(C)CC[C@@H](OC(=O)NC(C)(C)CC(C)(C)C(=O)OCc2ccccc2)CC1C[C@H]3O. The maximum Gasteiger partial charge on any atom is 0.407 e. The van der Waals surface area contributed by atoms with Gasteiger partial charge in [-0.2, -0.15) is 0 Å². The van der Waals surface area contributed by atoms with Crippen LogP contribution in [0.25, 0.3) is 0 Å². The van der Waals surface area contributed by atoms with E-state index in [4.69, 9.17) is 14.2 Å². The Balaban J connectivity index is 1.14. The number of hydrogen-bond acceptors (Lipinski definition) is 7. The number of amides is 1. The van der Waals surface area contributed by atoms with Gasteiger partial charge in [0.2, 0.25) is 0 Å². The average Bonchev–Trinajstić information content (AvgIpc) is 3.39. The molecular formula is C44H69NO7. The van der Waals surface area contributed by atoms with Gasteiger partial charge in [-0.05, 0) is 165 Å². The van der Waals surface area contributed by atoms with Crippen molar-refractivity contribution in [3.05, 3.63) is 35.9 Å². The van der Waals surface area contributed by atoms with E-state index in [0.29, 0.717) is 48.3 Å². The number of rotatable bonds is 11. The summed E-state index contributed by atoms with van der Waals surface area (Å²) in [5, 5.41) is 14.9. The monoisotopic (exact) mass is 724 g/mol. The molecule has 5 rings (SSSR count). The minimum atomic E-state index is -0.805. The van der Waals surface area contributed by atoms with Crippen molar-refractivity contribution in [3.8, 4) is 0 Å². The number of nitrogens with one attached hydrogen (secondary N) is 1. The van der Waals surface area contributed by atoms with Crippen LogP contribution in [0.4, 0.5) is 4.79 Å². The van der Waals surface area contributed by atoms with E-state index in [1.54, 1.807) is 0 Å². The molecule has 0 aliphatic heterocycles. The third-order valence-electron chi connectivity index (χ3n) is 14.0. The van der Waals surface area contributed by atoms with Crippen LogP contribution < -0.4 is 5.32 Å². The zero-order valence-electron chi connectivity index (χ0n) is 33.9. The number of carbonyl (C=O) groups is 3. The molecule has 52 heavy (non-hydrogen) atoms. The lowest BCUT2D eigenvalue weighted by atomic mass is 9.43. The highest BCUT2D eigenvalue weighted by atomic mass is 16.6. The van der Waals surface area contributed by atoms with Gasteiger partial charge in [-0.1, -0.05) is 51.1 Å². The predicted molar refractivity (Wildman–Crippen MR) is 203 cm³/mol. The van der Waals surface area contributed by atoms with E-state index in [1.165, 1.54) is 12.8 Å². The maximum absolute atomic E-state index is 13.3. The third-order valence-corrected chi connectivity index (χ3v) is 14.0. The van der Waals surface area contributed by atoms with E-state index >= 15 is 0 Å². The van der Waals surface area contributed by atoms with Crippen LogP contribution in [0.2, 0.25) is 0 Å². The second-order valence-corrected chi connectivity index (χ2v) is 20.1. The van der Waals surface area contributed by atoms with Crippen molar-refractivity contribution in [1.29, 1.82) is 0 Å². The Morgan fingerprint density at radius 3 is 2.23 bits per heavy atom. The van der Waals surface area contributed by atoms with Crippen LogP contribution in [0.1, 0.15) is 145 Å². The minimum Gasteiger partial charge on any atom is -0.460 e. The number of ether oxygens (including phenoxy) is 3. The summed E-state index contributed by atoms with van der Waals surface area (Å²) in [6.07, 6.45) is 8.67. The van der Waals surface area contributed by atoms with Crippen LogP contribution in [-0.4, -0.2) is 46.5 Å². The van der Waals surface area contributed by atoms with Gasteiger partial charge in [-0.3, -0.25) is 9.59 Å². The van der Waals surface area contributed by atoms with Gasteiger partial charge in [0, 0.05) is 12.0 Å². The molecule has 1 aromatic carbocycles. The number of hydrogen-bond donors (Lipinski definition) is 2. The lowest BCUT2D eigenvalue weighted by Crippen LogP contribution is -2.59. The summed E-state index contributed by atoms with van der Waals surface area (Å²) in [6, 6.07) is 9.62. The van der Waals surface area contributed by atoms with Crippen LogP contribution in [0.3, 0.4) is 0 Å². The largest absolute Gasteiger partial charge is 0.460 e. The Kier molecular flexibility index (Phi) is 11.9. The maximum atomic E-state index is 13.3. The number of fused-ring (bicyclic) bond motifs is 5. The number of carbonyl (C=O) groups excluding carboxylic acids is 3. The van der Waals surface area contributed by atoms with Crippen molar-refractivity contribution in [3.63, 3.8) is 0 Å². The van der Waals surface area contributed by atoms with Gasteiger partial charge in [-0.15, -0.1) is 0 Å². The van der Waals surface area contributed by atoms with Gasteiger partial charge < -0.3 is 24.6 Å². The Hall–Kier alpha value is -2.61. The zero-order chi connectivity index (χ0) is 38.3. The van der Waals surface area contributed by atoms with Gasteiger partial charge >= 0.3 is 18.0 Å². The second-order valence-electron chi connectivity index (χ2n) is 20.1. The smallest absolute Gasteiger partial charge is 0.407 e. The Morgan fingerprint density at radius 2 is 1.56 bits per heavy atom. The average molecular weight is 724 g/mol. The molecule has 0 radical (unpaired) electrons. The molecule has 292 valence electrons. The van der Waals surface area contributed by atoms with Gasteiger partial charge in [0.25, 0.3) is 0 Å². The third kappa shape index (κ3) is 9.01. The molecule has 8 nitrogen and oxygen atoms in total. The zero-order valence-corrected chi connectivity index (χ0v) is 33.9. The molecule has 1 aromatic rings. The molecule has 4 fully saturated rings. The van der Waals surface area contributed by atoms with Crippen LogP contribution in [0.15, 0.2) is 30.3 Å². The molecule has 4 aliphatic rings. The van der Waals surface area contributed by atoms with Crippen molar-refractivity contribution in [2.24, 2.45) is 51.8 Å². The standard InChI is InChI=1S/C44H69NO7/c1-28(16-19-36(47)52-40(2,3)4)32-17-18-33-37-34(21-23-44(32,33)10)43(9)22-20-31(24-30(43)25-35(37)46)51-39(49)45-42(7,8)27-41(5,6)38(48)50-26-29-14-12-11-13-15-29/h11-15,28,30-35,37,46H,16-27H2,1-10H3,(H,45,49)/t28-,30?,31-,32?,33?,34?,35-,37?,43+,44-/m1/s1. The van der Waals surface area contributed by atoms with Crippen molar-refractivity contribution < 1.29 is 33.7 Å². The normalized spacial score (nSPS) is 33.9. The number of aliphatic hydroxyl groups excluding tert-OH is 1. The van der Waals surface area contributed by atoms with Crippen LogP contribution in [-0.2, 0) is 30.4 Å². The molecule has 0 saturated heterocycles. The minimum absolute atomic E-state index is 0.106. The molecular weight excluding hydrogens is 654 g/mol. The summed E-state index contributed by atoms with van der Waals surface area (Å²) in [5.74, 6) is 2.14. The molecule has 0 aromatic heterocycles. The summed E-state index contributed by atoms with van der Waals surface area (Å²) in [6.45, 7) is 20.8. The lowest BCUT2D eigenvalue weighted by Gasteiger charge is -2.62. The molecule has 8 heteroatoms. The number of alkyl carbamates (subject to hydrolysis) is 1. The molecule has 0 spiro atoms. The molecule has 2 N–H and O–H groups in total. The number of benzene rings is 1. The summed E-state index contributed by atoms with van der Waals surface area (Å²) in [4.78, 5) is 38.8. The van der Waals surface area contributed by atoms with Crippen LogP contribution in [0.5, 0.6) is 0 Å². The molecule has 4 saturated carbocycles. The first-order valence-electron chi connectivity index (χ1n) is 20.2. The Morgan fingerprint density at radius 1 is 0.904 bits per heavy atom. The van der Waals surface area contributed by atoms with E-state index in [1.807, 2.05) is 78.8 Å². The van der Waals surface area contributed by atoms with Crippen molar-refractivity contribution >= 4 is 18.0 Å². The van der Waals surface area contributed by atoms with Gasteiger partial charge in [-0.25, -0.2) is 4.79 Å². The van der Waals surface area contributed by atoms with Crippen molar-refractivity contribution in [1.82, 2.24) is 5.32 Å². The quantitative estimate of drug-likeness (QED) is 0.173. The van der Waals surface area contributed by atoms with E-state index in [0.717, 1.165) is 50.5 Å². The highest BCUT2D eigenvalue weighted by Gasteiger charge is 2.63. The molecule has 0 heterocycles. The fourth-order valence-electron chi connectivity index (χ4n) is 11.8. The fourth-order valence-corrected chi connectivity index (χ4v) is 11.8. The second kappa shape index (κ2) is 15.3. The Labute approximate surface area is 313 Å². The molecule has 4 aliphatic carbocycles. The summed E-state index contributed by atoms with van der Waals surface area (Å²) >= 11 is 0. The van der Waals surface area contributed by atoms with Crippen LogP contribution in [0, 0.1) is 51.8 Å². The highest BCUT2D eigenvalue weighted by molar-refractivity contribution is 5.76. The van der Waals surface area contributed by atoms with Crippen LogP contribution >= 0.6 is 0 Å². The predicted octanol–water partition coefficient (Wildman–Crippen LogP) is 9.41. The van der Waals surface area contributed by atoms with Gasteiger partial charge in [0.15, 0.2) is 0 Å². The first kappa shape index (κ1) is 40.6. The van der Waals surface area contributed by atoms with E-state index in [2.05, 4.69) is 26.1 Å². The van der Waals surface area contributed by atoms with Crippen molar-refractivity contribution in [2.75, 3.05) is 0 Å². The summed E-state index contributed by atoms with van der Waals surface area (Å²) in [7, 11) is 0. The molecule has 0 bridgehead atoms. The molecule has 1 amide bonds. The fraction of sp³-hybridized carbons (Fsp3) is 0.795. The molecule has 10 atom stereocenters. The Bertz CT molecular complexity index is 1420. The number of aliphatic hydroxyl groups is 1. The van der Waals surface area contributed by atoms with Gasteiger partial charge in [0.05, 0.1) is 11.5 Å². The van der Waals surface area contributed by atoms with E-state index < -0.39 is 22.6 Å². The number of esters is 2. The lowest BCUT2D eigenvalue weighted by molar-refractivity contribution is -0.174. The first-order chi connectivity index (χ1) is 24.1. The van der Waals surface area contributed by atoms with Gasteiger partial charge in [0.1, 0.15) is 18.3 Å². The highest BCUT2D eigenvalue weighted by Crippen LogP contribution is 2.68. The first-order valence-corrected chi connectivity index (χ1v) is 20.2. The summed E-state index contributed by atoms with van der Waals surface area (Å²) in [5.41, 5.74) is -0.722. The summed E-state index contributed by atoms with van der Waals surface area (Å²) < 4.78 is 17.3. The molecule has 5 unspecified atom stereocenters. The topological polar surface area (TPSA) is 111 Å². The van der Waals surface area contributed by atoms with Crippen molar-refractivity contribution in [2.45, 2.75) is 170 Å². The van der Waals surface area contributed by atoms with E-state index in [-0.39, 0.29) is 41.6 Å².